The van der Waals surface area contributed by atoms with Gasteiger partial charge < -0.3 is 14.2 Å². The van der Waals surface area contributed by atoms with Crippen LogP contribution >= 0.6 is 11.6 Å². The van der Waals surface area contributed by atoms with Crippen molar-refractivity contribution in [2.24, 2.45) is 0 Å². The van der Waals surface area contributed by atoms with Gasteiger partial charge in [-0.1, -0.05) is 24.6 Å². The fourth-order valence-corrected chi connectivity index (χ4v) is 2.86. The summed E-state index contributed by atoms with van der Waals surface area (Å²) in [6.07, 6.45) is 0.354. The van der Waals surface area contributed by atoms with Crippen molar-refractivity contribution in [2.75, 3.05) is 19.0 Å². The summed E-state index contributed by atoms with van der Waals surface area (Å²) in [5, 5.41) is 3.24. The second-order valence-electron chi connectivity index (χ2n) is 5.68. The number of hydrogen-bond donors (Lipinski definition) is 1. The van der Waals surface area contributed by atoms with E-state index in [1.165, 1.54) is 12.7 Å². The Morgan fingerprint density at radius 3 is 2.58 bits per heavy atom. The van der Waals surface area contributed by atoms with Gasteiger partial charge in [0.05, 0.1) is 30.0 Å². The van der Waals surface area contributed by atoms with Gasteiger partial charge in [0.1, 0.15) is 18.1 Å². The predicted octanol–water partition coefficient (Wildman–Crippen LogP) is 5.37. The third kappa shape index (κ3) is 4.82. The first kappa shape index (κ1) is 19.9. The lowest BCUT2D eigenvalue weighted by Gasteiger charge is -2.17. The van der Waals surface area contributed by atoms with Crippen molar-refractivity contribution in [3.63, 3.8) is 0 Å². The molecular weight excluding hydrogens is 354 g/mol. The Bertz CT molecular complexity index is 777. The molecule has 0 heterocycles. The first-order valence-corrected chi connectivity index (χ1v) is 8.89. The van der Waals surface area contributed by atoms with Gasteiger partial charge in [0.15, 0.2) is 0 Å². The van der Waals surface area contributed by atoms with Crippen molar-refractivity contribution in [1.82, 2.24) is 0 Å². The van der Waals surface area contributed by atoms with Gasteiger partial charge in [-0.2, -0.15) is 0 Å². The van der Waals surface area contributed by atoms with Crippen LogP contribution in [0.2, 0.25) is 5.02 Å². The Morgan fingerprint density at radius 2 is 1.92 bits per heavy atom. The summed E-state index contributed by atoms with van der Waals surface area (Å²) in [4.78, 5) is 11.6. The highest BCUT2D eigenvalue weighted by molar-refractivity contribution is 6.32. The lowest BCUT2D eigenvalue weighted by molar-refractivity contribution is 0.187. The summed E-state index contributed by atoms with van der Waals surface area (Å²) >= 11 is 6.35. The zero-order chi connectivity index (χ0) is 19.1. The molecule has 140 valence electrons. The maximum atomic E-state index is 11.6. The van der Waals surface area contributed by atoms with Crippen LogP contribution in [0, 0.1) is 6.92 Å². The number of carbonyl (C=O) groups excluding carboxylic acids is 1. The monoisotopic (exact) mass is 377 g/mol. The fourth-order valence-electron chi connectivity index (χ4n) is 2.62. The number of methoxy groups -OCH3 is 1. The summed E-state index contributed by atoms with van der Waals surface area (Å²) in [6.45, 7) is 6.71. The molecular formula is C20H24ClNO4. The molecule has 0 aliphatic heterocycles. The van der Waals surface area contributed by atoms with Crippen LogP contribution in [-0.4, -0.2) is 19.8 Å². The molecule has 1 amide bonds. The molecule has 0 aliphatic rings. The van der Waals surface area contributed by atoms with Gasteiger partial charge in [0.25, 0.3) is 0 Å². The van der Waals surface area contributed by atoms with Crippen LogP contribution in [0.4, 0.5) is 10.5 Å². The van der Waals surface area contributed by atoms with E-state index in [1.54, 1.807) is 12.1 Å². The van der Waals surface area contributed by atoms with Crippen LogP contribution in [0.3, 0.4) is 0 Å². The number of benzene rings is 2. The molecule has 0 aromatic heterocycles. The number of hydrogen-bond acceptors (Lipinski definition) is 4. The number of anilines is 1. The molecule has 0 atom stereocenters. The summed E-state index contributed by atoms with van der Waals surface area (Å²) in [7, 11) is 1.32. The lowest BCUT2D eigenvalue weighted by Crippen LogP contribution is -2.14. The normalized spacial score (nSPS) is 10.3. The molecule has 0 spiro atoms. The van der Waals surface area contributed by atoms with Gasteiger partial charge in [-0.05, 0) is 55.7 Å². The van der Waals surface area contributed by atoms with E-state index in [9.17, 15) is 4.79 Å². The quantitative estimate of drug-likeness (QED) is 0.705. The van der Waals surface area contributed by atoms with E-state index >= 15 is 0 Å². The van der Waals surface area contributed by atoms with Crippen molar-refractivity contribution >= 4 is 23.4 Å². The number of halogens is 1. The van der Waals surface area contributed by atoms with Gasteiger partial charge >= 0.3 is 6.09 Å². The number of carbonyl (C=O) groups is 1. The Hall–Kier alpha value is -2.40. The predicted molar refractivity (Wildman–Crippen MR) is 104 cm³/mol. The van der Waals surface area contributed by atoms with E-state index in [-0.39, 0.29) is 6.61 Å². The van der Waals surface area contributed by atoms with Gasteiger partial charge in [0.2, 0.25) is 0 Å². The fraction of sp³-hybridized carbons (Fsp3) is 0.350. The number of amides is 1. The van der Waals surface area contributed by atoms with Crippen LogP contribution in [0.25, 0.3) is 0 Å². The minimum absolute atomic E-state index is 0.195. The van der Waals surface area contributed by atoms with Crippen LogP contribution in [0.1, 0.15) is 30.5 Å². The summed E-state index contributed by atoms with van der Waals surface area (Å²) < 4.78 is 16.3. The third-order valence-electron chi connectivity index (χ3n) is 4.00. The molecule has 0 radical (unpaired) electrons. The van der Waals surface area contributed by atoms with Crippen molar-refractivity contribution in [3.05, 3.63) is 52.0 Å². The zero-order valence-electron chi connectivity index (χ0n) is 15.5. The number of rotatable bonds is 7. The zero-order valence-corrected chi connectivity index (χ0v) is 16.3. The molecule has 2 rings (SSSR count). The van der Waals surface area contributed by atoms with E-state index in [0.29, 0.717) is 34.4 Å². The Morgan fingerprint density at radius 1 is 1.15 bits per heavy atom. The summed E-state index contributed by atoms with van der Waals surface area (Å²) in [6, 6.07) is 9.25. The van der Waals surface area contributed by atoms with Crippen LogP contribution in [0.5, 0.6) is 11.5 Å². The molecule has 0 unspecified atom stereocenters. The van der Waals surface area contributed by atoms with Crippen LogP contribution in [0.15, 0.2) is 30.3 Å². The lowest BCUT2D eigenvalue weighted by atomic mass is 10.1. The van der Waals surface area contributed by atoms with E-state index in [0.717, 1.165) is 12.0 Å². The molecule has 26 heavy (non-hydrogen) atoms. The Kier molecular flexibility index (Phi) is 7.16. The molecule has 1 N–H and O–H groups in total. The summed E-state index contributed by atoms with van der Waals surface area (Å²) in [5.74, 6) is 1.23. The molecule has 0 bridgehead atoms. The molecule has 2 aromatic rings. The average Bonchev–Trinajstić information content (AvgIpc) is 2.63. The maximum absolute atomic E-state index is 11.6. The van der Waals surface area contributed by atoms with Crippen LogP contribution < -0.4 is 14.8 Å². The number of nitrogens with one attached hydrogen (secondary N) is 1. The molecule has 0 saturated carbocycles. The maximum Gasteiger partial charge on any atom is 0.411 e. The van der Waals surface area contributed by atoms with Crippen molar-refractivity contribution in [1.29, 1.82) is 0 Å². The van der Waals surface area contributed by atoms with E-state index in [4.69, 9.17) is 21.1 Å². The van der Waals surface area contributed by atoms with Gasteiger partial charge in [0, 0.05) is 0 Å². The SMILES string of the molecule is CCOc1cccc(NC(=O)OC)c1COc1cc(C)c(CC)cc1Cl. The van der Waals surface area contributed by atoms with E-state index in [2.05, 4.69) is 17.0 Å². The highest BCUT2D eigenvalue weighted by Crippen LogP contribution is 2.32. The van der Waals surface area contributed by atoms with Gasteiger partial charge in [-0.15, -0.1) is 0 Å². The topological polar surface area (TPSA) is 56.8 Å². The van der Waals surface area contributed by atoms with Gasteiger partial charge in [-0.3, -0.25) is 5.32 Å². The first-order chi connectivity index (χ1) is 12.5. The van der Waals surface area contributed by atoms with Crippen LogP contribution in [-0.2, 0) is 17.8 Å². The van der Waals surface area contributed by atoms with Crippen molar-refractivity contribution in [3.8, 4) is 11.5 Å². The highest BCUT2D eigenvalue weighted by atomic mass is 35.5. The summed E-state index contributed by atoms with van der Waals surface area (Å²) in [5.41, 5.74) is 3.59. The van der Waals surface area contributed by atoms with Crippen molar-refractivity contribution in [2.45, 2.75) is 33.8 Å². The number of ether oxygens (including phenoxy) is 3. The minimum Gasteiger partial charge on any atom is -0.493 e. The van der Waals surface area contributed by atoms with Gasteiger partial charge in [-0.25, -0.2) is 4.79 Å². The molecule has 2 aromatic carbocycles. The molecule has 0 aliphatic carbocycles. The Labute approximate surface area is 159 Å². The largest absolute Gasteiger partial charge is 0.493 e. The molecule has 0 fully saturated rings. The minimum atomic E-state index is -0.555. The van der Waals surface area contributed by atoms with E-state index in [1.807, 2.05) is 32.0 Å². The standard InChI is InChI=1S/C20H24ClNO4/c1-5-14-11-16(21)19(10-13(14)3)26-12-15-17(22-20(23)24-4)8-7-9-18(15)25-6-2/h7-11H,5-6,12H2,1-4H3,(H,22,23). The Balaban J connectivity index is 2.30. The average molecular weight is 378 g/mol. The smallest absolute Gasteiger partial charge is 0.411 e. The molecule has 5 nitrogen and oxygen atoms in total. The van der Waals surface area contributed by atoms with E-state index < -0.39 is 6.09 Å². The second-order valence-corrected chi connectivity index (χ2v) is 6.09. The molecule has 0 saturated heterocycles. The third-order valence-corrected chi connectivity index (χ3v) is 4.29. The first-order valence-electron chi connectivity index (χ1n) is 8.51. The second kappa shape index (κ2) is 9.34. The number of aryl methyl sites for hydroxylation is 2. The van der Waals surface area contributed by atoms with Crippen molar-refractivity contribution < 1.29 is 19.0 Å². The molecule has 6 heteroatoms. The highest BCUT2D eigenvalue weighted by Gasteiger charge is 2.14.